The highest BCUT2D eigenvalue weighted by atomic mass is 32.2. The molecule has 0 bridgehead atoms. The van der Waals surface area contributed by atoms with Crippen LogP contribution in [0.15, 0.2) is 46.9 Å². The number of hydrogen-bond donors (Lipinski definition) is 2. The van der Waals surface area contributed by atoms with Crippen molar-refractivity contribution in [3.63, 3.8) is 0 Å². The van der Waals surface area contributed by atoms with Gasteiger partial charge in [-0.25, -0.2) is 28.4 Å². The van der Waals surface area contributed by atoms with Gasteiger partial charge in [0, 0.05) is 0 Å². The van der Waals surface area contributed by atoms with Crippen LogP contribution in [0.4, 0.5) is 5.82 Å². The van der Waals surface area contributed by atoms with E-state index in [2.05, 4.69) is 36.1 Å². The first-order valence-electron chi connectivity index (χ1n) is 9.89. The molecular formula is C21H18N6O5S. The molecule has 2 aromatic heterocycles. The number of nitrogens with one attached hydrogen (secondary N) is 1. The topological polar surface area (TPSA) is 141 Å². The number of phenols is 1. The van der Waals surface area contributed by atoms with Crippen LogP contribution in [0.2, 0.25) is 0 Å². The zero-order chi connectivity index (χ0) is 23.2. The minimum Gasteiger partial charge on any atom is -0.506 e. The molecule has 1 aromatic carbocycles. The third-order valence-electron chi connectivity index (χ3n) is 4.71. The summed E-state index contributed by atoms with van der Waals surface area (Å²) >= 11 is 0. The molecule has 0 saturated heterocycles. The van der Waals surface area contributed by atoms with Gasteiger partial charge in [-0.1, -0.05) is 11.8 Å². The molecule has 1 aliphatic carbocycles. The smallest absolute Gasteiger partial charge is 0.231 e. The van der Waals surface area contributed by atoms with Crippen molar-refractivity contribution in [2.24, 2.45) is 4.99 Å². The SMILES string of the molecule is COc1cccc(O)c1-n1c(C2=C=C=CC(OC3CC3)=N2)nc2ncc(NS(C)(=O)=O)nc21. The molecule has 168 valence electrons. The number of sulfonamides is 1. The number of hydrogen-bond acceptors (Lipinski definition) is 9. The van der Waals surface area contributed by atoms with Crippen molar-refractivity contribution in [3.8, 4) is 17.2 Å². The Balaban J connectivity index is 1.76. The van der Waals surface area contributed by atoms with Gasteiger partial charge in [0.15, 0.2) is 28.6 Å². The number of nitrogens with zero attached hydrogens (tertiary/aromatic N) is 5. The Kier molecular flexibility index (Phi) is 4.90. The third kappa shape index (κ3) is 4.18. The second-order valence-electron chi connectivity index (χ2n) is 7.41. The molecule has 11 nitrogen and oxygen atoms in total. The van der Waals surface area contributed by atoms with Gasteiger partial charge in [-0.05, 0) is 30.7 Å². The van der Waals surface area contributed by atoms with E-state index in [-0.39, 0.29) is 46.2 Å². The standard InChI is InChI=1S/C21H18N6O5S/c1-31-15-7-4-6-14(28)18(15)27-20(13-5-3-8-17(23-13)32-12-9-10-12)25-19-21(27)24-16(11-22-19)26-33(2,29)30/h4,6-8,11-12,28H,9-10H2,1-2H3,(H,24,26). The minimum atomic E-state index is -3.60. The largest absolute Gasteiger partial charge is 0.506 e. The van der Waals surface area contributed by atoms with E-state index < -0.39 is 10.0 Å². The van der Waals surface area contributed by atoms with E-state index in [0.29, 0.717) is 11.6 Å². The van der Waals surface area contributed by atoms with Gasteiger partial charge in [0.05, 0.1) is 25.6 Å². The second-order valence-corrected chi connectivity index (χ2v) is 9.15. The third-order valence-corrected chi connectivity index (χ3v) is 5.29. The first kappa shape index (κ1) is 20.8. The average molecular weight is 466 g/mol. The summed E-state index contributed by atoms with van der Waals surface area (Å²) in [5, 5.41) is 10.7. The molecule has 3 aromatic rings. The zero-order valence-electron chi connectivity index (χ0n) is 17.6. The first-order chi connectivity index (χ1) is 15.8. The van der Waals surface area contributed by atoms with Crippen molar-refractivity contribution >= 4 is 38.7 Å². The number of benzene rings is 1. The molecule has 0 unspecified atom stereocenters. The molecule has 5 rings (SSSR count). The molecule has 1 aliphatic heterocycles. The predicted octanol–water partition coefficient (Wildman–Crippen LogP) is 2.14. The van der Waals surface area contributed by atoms with Crippen LogP contribution in [0.5, 0.6) is 11.5 Å². The summed E-state index contributed by atoms with van der Waals surface area (Å²) < 4.78 is 38.4. The van der Waals surface area contributed by atoms with Crippen LogP contribution in [0.1, 0.15) is 18.7 Å². The van der Waals surface area contributed by atoms with Gasteiger partial charge >= 0.3 is 0 Å². The monoisotopic (exact) mass is 466 g/mol. The highest BCUT2D eigenvalue weighted by Gasteiger charge is 2.27. The number of aromatic hydroxyl groups is 1. The van der Waals surface area contributed by atoms with E-state index in [0.717, 1.165) is 19.1 Å². The van der Waals surface area contributed by atoms with Crippen molar-refractivity contribution in [3.05, 3.63) is 47.8 Å². The maximum atomic E-state index is 11.7. The lowest BCUT2D eigenvalue weighted by atomic mass is 10.2. The van der Waals surface area contributed by atoms with Gasteiger partial charge in [0.25, 0.3) is 0 Å². The summed E-state index contributed by atoms with van der Waals surface area (Å²) in [6.07, 6.45) is 5.91. The van der Waals surface area contributed by atoms with Crippen LogP contribution in [0, 0.1) is 0 Å². The molecule has 0 radical (unpaired) electrons. The number of para-hydroxylation sites is 1. The van der Waals surface area contributed by atoms with Crippen LogP contribution in [0.3, 0.4) is 0 Å². The lowest BCUT2D eigenvalue weighted by molar-refractivity contribution is 0.292. The molecule has 1 saturated carbocycles. The Hall–Kier alpha value is -4.11. The number of anilines is 1. The number of imidazole rings is 1. The number of aromatic nitrogens is 4. The summed E-state index contributed by atoms with van der Waals surface area (Å²) in [5.74, 6) is 0.801. The number of rotatable bonds is 6. The Morgan fingerprint density at radius 1 is 1.27 bits per heavy atom. The van der Waals surface area contributed by atoms with Crippen molar-refractivity contribution in [2.75, 3.05) is 18.1 Å². The van der Waals surface area contributed by atoms with Crippen LogP contribution in [0.25, 0.3) is 22.7 Å². The Morgan fingerprint density at radius 3 is 2.82 bits per heavy atom. The fourth-order valence-electron chi connectivity index (χ4n) is 3.22. The van der Waals surface area contributed by atoms with Gasteiger partial charge in [-0.3, -0.25) is 9.29 Å². The van der Waals surface area contributed by atoms with Crippen molar-refractivity contribution in [1.29, 1.82) is 0 Å². The van der Waals surface area contributed by atoms with Crippen LogP contribution >= 0.6 is 0 Å². The molecule has 2 N–H and O–H groups in total. The van der Waals surface area contributed by atoms with Crippen LogP contribution in [-0.4, -0.2) is 58.4 Å². The molecular weight excluding hydrogens is 448 g/mol. The molecule has 33 heavy (non-hydrogen) atoms. The van der Waals surface area contributed by atoms with Gasteiger partial charge in [-0.2, -0.15) is 0 Å². The highest BCUT2D eigenvalue weighted by Crippen LogP contribution is 2.36. The molecule has 3 heterocycles. The quantitative estimate of drug-likeness (QED) is 0.527. The van der Waals surface area contributed by atoms with Crippen molar-refractivity contribution in [1.82, 2.24) is 19.5 Å². The summed E-state index contributed by atoms with van der Waals surface area (Å²) in [5.41, 5.74) is 6.65. The average Bonchev–Trinajstić information content (AvgIpc) is 3.50. The first-order valence-corrected chi connectivity index (χ1v) is 11.8. The number of fused-ring (bicyclic) bond motifs is 1. The maximum absolute atomic E-state index is 11.7. The van der Waals surface area contributed by atoms with E-state index in [1.807, 2.05) is 0 Å². The summed E-state index contributed by atoms with van der Waals surface area (Å²) in [6, 6.07) is 4.77. The summed E-state index contributed by atoms with van der Waals surface area (Å²) in [4.78, 5) is 17.6. The van der Waals surface area contributed by atoms with Gasteiger partial charge < -0.3 is 14.6 Å². The number of aliphatic imine (C=N–C) groups is 1. The van der Waals surface area contributed by atoms with Gasteiger partial charge in [-0.15, -0.1) is 0 Å². The molecule has 1 fully saturated rings. The van der Waals surface area contributed by atoms with E-state index in [4.69, 9.17) is 9.47 Å². The summed E-state index contributed by atoms with van der Waals surface area (Å²) in [7, 11) is -2.14. The fourth-order valence-corrected chi connectivity index (χ4v) is 3.70. The fraction of sp³-hybridized carbons (Fsp3) is 0.238. The molecule has 0 spiro atoms. The van der Waals surface area contributed by atoms with Gasteiger partial charge in [0.2, 0.25) is 15.9 Å². The molecule has 12 heteroatoms. The van der Waals surface area contributed by atoms with Crippen molar-refractivity contribution < 1.29 is 23.0 Å². The molecule has 0 amide bonds. The van der Waals surface area contributed by atoms with E-state index in [9.17, 15) is 13.5 Å². The molecule has 0 atom stereocenters. The second kappa shape index (κ2) is 7.79. The van der Waals surface area contributed by atoms with Crippen LogP contribution in [-0.2, 0) is 14.8 Å². The van der Waals surface area contributed by atoms with Crippen molar-refractivity contribution in [2.45, 2.75) is 18.9 Å². The Labute approximate surface area is 188 Å². The van der Waals surface area contributed by atoms with Gasteiger partial charge in [0.1, 0.15) is 23.3 Å². The van der Waals surface area contributed by atoms with E-state index >= 15 is 0 Å². The Bertz CT molecular complexity index is 1520. The Morgan fingerprint density at radius 2 is 2.09 bits per heavy atom. The zero-order valence-corrected chi connectivity index (χ0v) is 18.4. The molecule has 2 aliphatic rings. The van der Waals surface area contributed by atoms with E-state index in [1.54, 1.807) is 18.2 Å². The predicted molar refractivity (Wildman–Crippen MR) is 120 cm³/mol. The van der Waals surface area contributed by atoms with Crippen LogP contribution < -0.4 is 9.46 Å². The van der Waals surface area contributed by atoms with E-state index in [1.165, 1.54) is 23.9 Å². The number of methoxy groups -OCH3 is 1. The highest BCUT2D eigenvalue weighted by molar-refractivity contribution is 7.92. The number of phenolic OH excluding ortho intramolecular Hbond substituents is 1. The lowest BCUT2D eigenvalue weighted by Gasteiger charge is -2.14. The minimum absolute atomic E-state index is 0.0126. The number of ether oxygens (including phenoxy) is 2. The summed E-state index contributed by atoms with van der Waals surface area (Å²) in [6.45, 7) is 0. The maximum Gasteiger partial charge on any atom is 0.231 e. The normalized spacial score (nSPS) is 15.3. The lowest BCUT2D eigenvalue weighted by Crippen LogP contribution is -2.12.